The van der Waals surface area contributed by atoms with Crippen molar-refractivity contribution < 1.29 is 9.53 Å². The number of hydrogen-bond acceptors (Lipinski definition) is 4. The molecule has 0 saturated carbocycles. The smallest absolute Gasteiger partial charge is 0.310 e. The van der Waals surface area contributed by atoms with Gasteiger partial charge in [-0.05, 0) is 33.2 Å². The zero-order valence-corrected chi connectivity index (χ0v) is 10.1. The van der Waals surface area contributed by atoms with Crippen LogP contribution in [0.4, 0.5) is 0 Å². The highest BCUT2D eigenvalue weighted by Crippen LogP contribution is 2.18. The number of ether oxygens (including phenoxy) is 1. The summed E-state index contributed by atoms with van der Waals surface area (Å²) in [6.07, 6.45) is 1.93. The van der Waals surface area contributed by atoms with Gasteiger partial charge in [-0.25, -0.2) is 0 Å². The van der Waals surface area contributed by atoms with Crippen LogP contribution in [0.15, 0.2) is 0 Å². The van der Waals surface area contributed by atoms with E-state index in [1.807, 2.05) is 13.8 Å². The highest BCUT2D eigenvalue weighted by atomic mass is 16.5. The Kier molecular flexibility index (Phi) is 5.27. The maximum Gasteiger partial charge on any atom is 0.310 e. The number of piperidine rings is 1. The number of nitriles is 1. The number of nitrogens with zero attached hydrogens (tertiary/aromatic N) is 2. The summed E-state index contributed by atoms with van der Waals surface area (Å²) in [6.45, 7) is 6.67. The molecular formula is C12H20N2O2. The Morgan fingerprint density at radius 1 is 1.69 bits per heavy atom. The minimum Gasteiger partial charge on any atom is -0.466 e. The van der Waals surface area contributed by atoms with Gasteiger partial charge in [-0.3, -0.25) is 4.79 Å². The zero-order chi connectivity index (χ0) is 12.0. The van der Waals surface area contributed by atoms with Crippen LogP contribution in [-0.4, -0.2) is 37.1 Å². The van der Waals surface area contributed by atoms with Crippen molar-refractivity contribution in [3.8, 4) is 6.07 Å². The number of carbonyl (C=O) groups is 1. The van der Waals surface area contributed by atoms with Crippen LogP contribution in [0, 0.1) is 23.2 Å². The molecular weight excluding hydrogens is 204 g/mol. The van der Waals surface area contributed by atoms with Gasteiger partial charge in [-0.1, -0.05) is 0 Å². The van der Waals surface area contributed by atoms with E-state index >= 15 is 0 Å². The lowest BCUT2D eigenvalue weighted by Crippen LogP contribution is -2.41. The molecule has 1 heterocycles. The maximum atomic E-state index is 11.6. The third-order valence-electron chi connectivity index (χ3n) is 2.88. The Bertz CT molecular complexity index is 273. The van der Waals surface area contributed by atoms with E-state index in [0.717, 1.165) is 32.5 Å². The lowest BCUT2D eigenvalue weighted by atomic mass is 9.97. The molecule has 16 heavy (non-hydrogen) atoms. The van der Waals surface area contributed by atoms with Crippen LogP contribution in [0.1, 0.15) is 26.7 Å². The number of likely N-dealkylation sites (tertiary alicyclic amines) is 1. The molecule has 1 saturated heterocycles. The van der Waals surface area contributed by atoms with Crippen LogP contribution in [0.2, 0.25) is 0 Å². The SMILES string of the molecule is CCOC(=O)[C@@H]1CCCN(C[C@@H](C)C#N)C1. The summed E-state index contributed by atoms with van der Waals surface area (Å²) in [6, 6.07) is 2.22. The van der Waals surface area contributed by atoms with Crippen LogP contribution < -0.4 is 0 Å². The highest BCUT2D eigenvalue weighted by Gasteiger charge is 2.27. The maximum absolute atomic E-state index is 11.6. The zero-order valence-electron chi connectivity index (χ0n) is 10.1. The van der Waals surface area contributed by atoms with Crippen LogP contribution in [-0.2, 0) is 9.53 Å². The Hall–Kier alpha value is -1.08. The third-order valence-corrected chi connectivity index (χ3v) is 2.88. The van der Waals surface area contributed by atoms with Gasteiger partial charge in [0, 0.05) is 13.1 Å². The van der Waals surface area contributed by atoms with Gasteiger partial charge < -0.3 is 9.64 Å². The molecule has 0 aromatic carbocycles. The second-order valence-electron chi connectivity index (χ2n) is 4.38. The first-order valence-electron chi connectivity index (χ1n) is 5.96. The fraction of sp³-hybridized carbons (Fsp3) is 0.833. The summed E-state index contributed by atoms with van der Waals surface area (Å²) in [7, 11) is 0. The number of hydrogen-bond donors (Lipinski definition) is 0. The first kappa shape index (κ1) is 13.0. The third kappa shape index (κ3) is 3.82. The summed E-state index contributed by atoms with van der Waals surface area (Å²) < 4.78 is 5.03. The lowest BCUT2D eigenvalue weighted by molar-refractivity contribution is -0.149. The van der Waals surface area contributed by atoms with E-state index in [9.17, 15) is 4.79 Å². The molecule has 0 N–H and O–H groups in total. The molecule has 90 valence electrons. The highest BCUT2D eigenvalue weighted by molar-refractivity contribution is 5.72. The molecule has 0 spiro atoms. The van der Waals surface area contributed by atoms with Gasteiger partial charge >= 0.3 is 5.97 Å². The predicted octanol–water partition coefficient (Wildman–Crippen LogP) is 1.42. The molecule has 0 radical (unpaired) electrons. The Morgan fingerprint density at radius 2 is 2.44 bits per heavy atom. The Balaban J connectivity index is 2.41. The molecule has 4 nitrogen and oxygen atoms in total. The van der Waals surface area contributed by atoms with E-state index < -0.39 is 0 Å². The molecule has 0 aliphatic carbocycles. The van der Waals surface area contributed by atoms with Crippen LogP contribution in [0.5, 0.6) is 0 Å². The molecule has 0 aromatic heterocycles. The summed E-state index contributed by atoms with van der Waals surface area (Å²) in [4.78, 5) is 13.8. The standard InChI is InChI=1S/C12H20N2O2/c1-3-16-12(15)11-5-4-6-14(9-11)8-10(2)7-13/h10-11H,3-6,8-9H2,1-2H3/t10-,11+/m0/s1. The second-order valence-corrected chi connectivity index (χ2v) is 4.38. The molecule has 4 heteroatoms. The van der Waals surface area contributed by atoms with E-state index in [1.165, 1.54) is 0 Å². The van der Waals surface area contributed by atoms with Gasteiger partial charge in [0.05, 0.1) is 24.5 Å². The molecule has 0 aromatic rings. The van der Waals surface area contributed by atoms with Crippen LogP contribution in [0.3, 0.4) is 0 Å². The quantitative estimate of drug-likeness (QED) is 0.678. The van der Waals surface area contributed by atoms with Gasteiger partial charge in [0.25, 0.3) is 0 Å². The van der Waals surface area contributed by atoms with Gasteiger partial charge in [0.1, 0.15) is 0 Å². The number of rotatable bonds is 4. The first-order valence-corrected chi connectivity index (χ1v) is 5.96. The van der Waals surface area contributed by atoms with Crippen molar-refractivity contribution in [1.29, 1.82) is 5.26 Å². The fourth-order valence-corrected chi connectivity index (χ4v) is 2.10. The van der Waals surface area contributed by atoms with Crippen molar-refractivity contribution in [2.45, 2.75) is 26.7 Å². The number of carbonyl (C=O) groups excluding carboxylic acids is 1. The number of esters is 1. The van der Waals surface area contributed by atoms with Crippen molar-refractivity contribution in [3.63, 3.8) is 0 Å². The molecule has 1 fully saturated rings. The van der Waals surface area contributed by atoms with Crippen molar-refractivity contribution in [2.75, 3.05) is 26.2 Å². The normalized spacial score (nSPS) is 23.4. The minimum absolute atomic E-state index is 0.000377. The predicted molar refractivity (Wildman–Crippen MR) is 60.6 cm³/mol. The molecule has 0 unspecified atom stereocenters. The Morgan fingerprint density at radius 3 is 3.06 bits per heavy atom. The van der Waals surface area contributed by atoms with Crippen molar-refractivity contribution >= 4 is 5.97 Å². The van der Waals surface area contributed by atoms with Crippen molar-refractivity contribution in [1.82, 2.24) is 4.90 Å². The van der Waals surface area contributed by atoms with E-state index in [4.69, 9.17) is 10.00 Å². The van der Waals surface area contributed by atoms with Crippen molar-refractivity contribution in [2.24, 2.45) is 11.8 Å². The Labute approximate surface area is 97.2 Å². The van der Waals surface area contributed by atoms with E-state index in [0.29, 0.717) is 6.61 Å². The molecule has 0 amide bonds. The topological polar surface area (TPSA) is 53.3 Å². The molecule has 0 bridgehead atoms. The molecule has 1 rings (SSSR count). The van der Waals surface area contributed by atoms with E-state index in [2.05, 4.69) is 11.0 Å². The average molecular weight is 224 g/mol. The summed E-state index contributed by atoms with van der Waals surface area (Å²) >= 11 is 0. The van der Waals surface area contributed by atoms with E-state index in [-0.39, 0.29) is 17.8 Å². The molecule has 1 aliphatic heterocycles. The van der Waals surface area contributed by atoms with E-state index in [1.54, 1.807) is 0 Å². The molecule has 2 atom stereocenters. The first-order chi connectivity index (χ1) is 7.67. The van der Waals surface area contributed by atoms with Crippen LogP contribution in [0.25, 0.3) is 0 Å². The molecule has 1 aliphatic rings. The summed E-state index contributed by atoms with van der Waals surface area (Å²) in [5, 5.41) is 8.76. The monoisotopic (exact) mass is 224 g/mol. The van der Waals surface area contributed by atoms with Gasteiger partial charge in [-0.2, -0.15) is 5.26 Å². The minimum atomic E-state index is -0.0863. The summed E-state index contributed by atoms with van der Waals surface area (Å²) in [5.74, 6) is -0.0580. The summed E-state index contributed by atoms with van der Waals surface area (Å²) in [5.41, 5.74) is 0. The fourth-order valence-electron chi connectivity index (χ4n) is 2.10. The largest absolute Gasteiger partial charge is 0.466 e. The lowest BCUT2D eigenvalue weighted by Gasteiger charge is -2.31. The second kappa shape index (κ2) is 6.49. The van der Waals surface area contributed by atoms with Gasteiger partial charge in [-0.15, -0.1) is 0 Å². The average Bonchev–Trinajstić information content (AvgIpc) is 2.29. The van der Waals surface area contributed by atoms with Gasteiger partial charge in [0.2, 0.25) is 0 Å². The van der Waals surface area contributed by atoms with Crippen molar-refractivity contribution in [3.05, 3.63) is 0 Å². The van der Waals surface area contributed by atoms with Gasteiger partial charge in [0.15, 0.2) is 0 Å². The van der Waals surface area contributed by atoms with Crippen LogP contribution >= 0.6 is 0 Å².